The number of rotatable bonds is 7. The summed E-state index contributed by atoms with van der Waals surface area (Å²) in [5.41, 5.74) is 2.20. The van der Waals surface area contributed by atoms with Crippen molar-refractivity contribution in [1.82, 2.24) is 20.3 Å². The lowest BCUT2D eigenvalue weighted by atomic mass is 10.0. The number of halogens is 3. The second kappa shape index (κ2) is 11.6. The fourth-order valence-electron chi connectivity index (χ4n) is 4.47. The van der Waals surface area contributed by atoms with Crippen molar-refractivity contribution in [3.8, 4) is 11.4 Å². The maximum atomic E-state index is 14.3. The first-order valence-electron chi connectivity index (χ1n) is 12.7. The number of amides is 1. The Morgan fingerprint density at radius 1 is 1.15 bits per heavy atom. The third-order valence-electron chi connectivity index (χ3n) is 6.42. The number of hydrogen-bond acceptors (Lipinski definition) is 7. The molecule has 1 amide bonds. The van der Waals surface area contributed by atoms with Crippen LogP contribution in [-0.2, 0) is 19.9 Å². The zero-order chi connectivity index (χ0) is 30.1. The van der Waals surface area contributed by atoms with E-state index in [1.54, 1.807) is 63.2 Å². The van der Waals surface area contributed by atoms with Gasteiger partial charge in [0.2, 0.25) is 5.91 Å². The molecule has 1 unspecified atom stereocenters. The molecule has 1 aliphatic rings. The fraction of sp³-hybridized carbons (Fsp3) is 0.267. The summed E-state index contributed by atoms with van der Waals surface area (Å²) >= 11 is 6.62. The normalized spacial score (nSPS) is 14.4. The molecule has 41 heavy (non-hydrogen) atoms. The minimum Gasteiger partial charge on any atom is -0.484 e. The summed E-state index contributed by atoms with van der Waals surface area (Å²) in [4.78, 5) is 39.0. The van der Waals surface area contributed by atoms with E-state index in [9.17, 15) is 18.4 Å². The number of allylic oxidation sites excluding steroid dienone is 3. The Hall–Kier alpha value is -4.40. The highest BCUT2D eigenvalue weighted by molar-refractivity contribution is 6.33. The molecule has 2 aromatic heterocycles. The second-order valence-electron chi connectivity index (χ2n) is 10.1. The van der Waals surface area contributed by atoms with Gasteiger partial charge in [0.1, 0.15) is 28.5 Å². The Balaban J connectivity index is 1.69. The molecule has 0 fully saturated rings. The first-order valence-corrected chi connectivity index (χ1v) is 13.0. The van der Waals surface area contributed by atoms with Crippen molar-refractivity contribution in [3.05, 3.63) is 99.6 Å². The number of aryl methyl sites for hydroxylation is 1. The molecular weight excluding hydrogens is 552 g/mol. The molecule has 1 aliphatic heterocycles. The Morgan fingerprint density at radius 3 is 2.54 bits per heavy atom. The van der Waals surface area contributed by atoms with E-state index in [-0.39, 0.29) is 28.0 Å². The molecule has 1 aromatic carbocycles. The average molecular weight is 580 g/mol. The molecule has 1 atom stereocenters. The molecule has 3 heterocycles. The van der Waals surface area contributed by atoms with Crippen LogP contribution < -0.4 is 10.2 Å². The minimum absolute atomic E-state index is 0.0103. The second-order valence-corrected chi connectivity index (χ2v) is 10.5. The van der Waals surface area contributed by atoms with Gasteiger partial charge in [0.15, 0.2) is 17.5 Å². The minimum atomic E-state index is -0.828. The zero-order valence-corrected chi connectivity index (χ0v) is 24.1. The Morgan fingerprint density at radius 2 is 1.88 bits per heavy atom. The molecule has 4 rings (SSSR count). The molecule has 0 spiro atoms. The van der Waals surface area contributed by atoms with Crippen molar-refractivity contribution in [3.63, 3.8) is 0 Å². The number of nitrogens with zero attached hydrogens (tertiary/aromatic N) is 4. The van der Waals surface area contributed by atoms with Gasteiger partial charge in [-0.15, -0.1) is 0 Å². The van der Waals surface area contributed by atoms with Crippen LogP contribution in [0.15, 0.2) is 71.0 Å². The number of nitrogens with one attached hydrogen (secondary N) is 1. The number of benzene rings is 1. The first kappa shape index (κ1) is 29.6. The van der Waals surface area contributed by atoms with E-state index in [1.165, 1.54) is 13.0 Å². The highest BCUT2D eigenvalue weighted by Crippen LogP contribution is 2.39. The quantitative estimate of drug-likeness (QED) is 0.335. The van der Waals surface area contributed by atoms with Gasteiger partial charge in [0.05, 0.1) is 22.6 Å². The van der Waals surface area contributed by atoms with Crippen molar-refractivity contribution in [2.75, 3.05) is 4.90 Å². The van der Waals surface area contributed by atoms with Crippen LogP contribution in [0.25, 0.3) is 11.4 Å². The topological polar surface area (TPSA) is 97.3 Å². The van der Waals surface area contributed by atoms with Crippen molar-refractivity contribution < 1.29 is 23.1 Å². The number of carbonyl (C=O) groups is 1. The van der Waals surface area contributed by atoms with E-state index >= 15 is 0 Å². The predicted octanol–water partition coefficient (Wildman–Crippen LogP) is 6.16. The van der Waals surface area contributed by atoms with Gasteiger partial charge < -0.3 is 15.0 Å². The third-order valence-corrected chi connectivity index (χ3v) is 6.79. The van der Waals surface area contributed by atoms with Gasteiger partial charge in [-0.2, -0.15) is 0 Å². The number of carbonyl (C=O) groups excluding carboxylic acids is 2. The van der Waals surface area contributed by atoms with Crippen LogP contribution in [0, 0.1) is 18.6 Å². The van der Waals surface area contributed by atoms with Crippen LogP contribution in [0.5, 0.6) is 0 Å². The van der Waals surface area contributed by atoms with E-state index < -0.39 is 23.3 Å². The van der Waals surface area contributed by atoms with Crippen LogP contribution in [0.2, 0.25) is 0 Å². The molecule has 0 aliphatic carbocycles. The molecule has 3 aromatic rings. The Labute approximate surface area is 241 Å². The van der Waals surface area contributed by atoms with Crippen LogP contribution >= 0.6 is 11.6 Å². The molecule has 0 radical (unpaired) electrons. The van der Waals surface area contributed by atoms with E-state index in [0.717, 1.165) is 17.7 Å². The lowest BCUT2D eigenvalue weighted by Crippen LogP contribution is -2.41. The predicted molar refractivity (Wildman–Crippen MR) is 151 cm³/mol. The standard InChI is InChI=1S/C30H28ClF2N5O3/c1-16-14-35-24(23-9-10-34-29(36-23)30(5,6)37-19(4)40)13-25(16)38-17(2)11-27(28(31)26(38)15-39)41-18(3)21-8-7-20(32)12-22(21)33/h7-14,18H,1-6H3,(H,37,40). The first-order chi connectivity index (χ1) is 19.3. The number of ether oxygens (including phenoxy) is 1. The summed E-state index contributed by atoms with van der Waals surface area (Å²) in [6.45, 7) is 10.2. The van der Waals surface area contributed by atoms with Gasteiger partial charge in [-0.3, -0.25) is 9.78 Å². The summed E-state index contributed by atoms with van der Waals surface area (Å²) in [5, 5.41) is 2.80. The lowest BCUT2D eigenvalue weighted by Gasteiger charge is -2.32. The van der Waals surface area contributed by atoms with E-state index in [4.69, 9.17) is 16.3 Å². The smallest absolute Gasteiger partial charge is 0.217 e. The summed E-state index contributed by atoms with van der Waals surface area (Å²) in [6.07, 6.45) is 4.02. The molecule has 0 saturated carbocycles. The summed E-state index contributed by atoms with van der Waals surface area (Å²) in [6, 6.07) is 6.66. The van der Waals surface area contributed by atoms with Gasteiger partial charge >= 0.3 is 0 Å². The summed E-state index contributed by atoms with van der Waals surface area (Å²) < 4.78 is 33.6. The highest BCUT2D eigenvalue weighted by atomic mass is 35.5. The van der Waals surface area contributed by atoms with Gasteiger partial charge in [0.25, 0.3) is 0 Å². The van der Waals surface area contributed by atoms with Crippen LogP contribution in [0.4, 0.5) is 14.5 Å². The van der Waals surface area contributed by atoms with Gasteiger partial charge in [-0.25, -0.2) is 23.5 Å². The molecular formula is C30H28ClF2N5O3. The molecule has 0 bridgehead atoms. The van der Waals surface area contributed by atoms with Crippen molar-refractivity contribution in [2.45, 2.75) is 53.2 Å². The molecule has 0 saturated heterocycles. The highest BCUT2D eigenvalue weighted by Gasteiger charge is 2.30. The molecule has 8 nitrogen and oxygen atoms in total. The largest absolute Gasteiger partial charge is 0.484 e. The number of pyridine rings is 1. The maximum absolute atomic E-state index is 14.3. The van der Waals surface area contributed by atoms with Crippen LogP contribution in [-0.4, -0.2) is 26.8 Å². The monoisotopic (exact) mass is 579 g/mol. The zero-order valence-electron chi connectivity index (χ0n) is 23.3. The molecule has 212 valence electrons. The SMILES string of the molecule is CC(=O)NC(C)(C)c1nccc(-c2cc(N3C(=C=O)C(Cl)=C(OC(C)c4ccc(F)cc4F)C=C3C)c(C)cn2)n1. The van der Waals surface area contributed by atoms with Gasteiger partial charge in [-0.1, -0.05) is 11.6 Å². The Bertz CT molecular complexity index is 1650. The van der Waals surface area contributed by atoms with Crippen molar-refractivity contribution >= 4 is 29.1 Å². The van der Waals surface area contributed by atoms with E-state index in [0.29, 0.717) is 28.6 Å². The number of hydrogen-bond donors (Lipinski definition) is 1. The number of anilines is 1. The maximum Gasteiger partial charge on any atom is 0.217 e. The van der Waals surface area contributed by atoms with Gasteiger partial charge in [0, 0.05) is 42.7 Å². The lowest BCUT2D eigenvalue weighted by molar-refractivity contribution is -0.120. The van der Waals surface area contributed by atoms with Crippen molar-refractivity contribution in [2.24, 2.45) is 0 Å². The van der Waals surface area contributed by atoms with Crippen LogP contribution in [0.3, 0.4) is 0 Å². The fourth-order valence-corrected chi connectivity index (χ4v) is 4.70. The average Bonchev–Trinajstić information content (AvgIpc) is 2.90. The summed E-state index contributed by atoms with van der Waals surface area (Å²) in [5.74, 6) is 0.765. The van der Waals surface area contributed by atoms with Crippen LogP contribution in [0.1, 0.15) is 57.7 Å². The van der Waals surface area contributed by atoms with Crippen molar-refractivity contribution in [1.29, 1.82) is 0 Å². The van der Waals surface area contributed by atoms with Gasteiger partial charge in [-0.05, 0) is 64.4 Å². The van der Waals surface area contributed by atoms with E-state index in [1.807, 2.05) is 12.9 Å². The Kier molecular flexibility index (Phi) is 8.37. The van der Waals surface area contributed by atoms with E-state index in [2.05, 4.69) is 20.3 Å². The number of aromatic nitrogens is 3. The molecule has 11 heteroatoms. The third kappa shape index (κ3) is 6.19. The summed E-state index contributed by atoms with van der Waals surface area (Å²) in [7, 11) is 0. The molecule has 1 N–H and O–H groups in total.